The zero-order chi connectivity index (χ0) is 14.5. The molecule has 1 saturated carbocycles. The van der Waals surface area contributed by atoms with Crippen LogP contribution in [0.1, 0.15) is 62.1 Å². The Kier molecular flexibility index (Phi) is 5.65. The highest BCUT2D eigenvalue weighted by Gasteiger charge is 2.31. The summed E-state index contributed by atoms with van der Waals surface area (Å²) in [6.07, 6.45) is 5.55. The van der Waals surface area contributed by atoms with Crippen molar-refractivity contribution in [3.05, 3.63) is 34.9 Å². The molecule has 3 unspecified atom stereocenters. The summed E-state index contributed by atoms with van der Waals surface area (Å²) in [5, 5.41) is 3.58. The van der Waals surface area contributed by atoms with Gasteiger partial charge in [-0.1, -0.05) is 44.9 Å². The maximum atomic E-state index is 3.58. The molecule has 0 heterocycles. The van der Waals surface area contributed by atoms with Crippen LogP contribution in [-0.2, 0) is 0 Å². The molecule has 0 saturated heterocycles. The second-order valence-corrected chi connectivity index (χ2v) is 6.55. The van der Waals surface area contributed by atoms with E-state index in [0.29, 0.717) is 0 Å². The summed E-state index contributed by atoms with van der Waals surface area (Å²) in [4.78, 5) is 0. The van der Waals surface area contributed by atoms with Gasteiger partial charge in [-0.2, -0.15) is 0 Å². The van der Waals surface area contributed by atoms with Crippen LogP contribution in [0.4, 0.5) is 0 Å². The predicted molar refractivity (Wildman–Crippen MR) is 88.3 cm³/mol. The van der Waals surface area contributed by atoms with Gasteiger partial charge in [0.05, 0.1) is 0 Å². The Labute approximate surface area is 125 Å². The van der Waals surface area contributed by atoms with E-state index in [9.17, 15) is 0 Å². The van der Waals surface area contributed by atoms with Crippen LogP contribution < -0.4 is 5.32 Å². The van der Waals surface area contributed by atoms with Crippen molar-refractivity contribution in [3.63, 3.8) is 0 Å². The molecule has 1 aromatic carbocycles. The first-order chi connectivity index (χ1) is 9.67. The molecule has 1 fully saturated rings. The highest BCUT2D eigenvalue weighted by Crippen LogP contribution is 2.42. The van der Waals surface area contributed by atoms with Crippen LogP contribution >= 0.6 is 0 Å². The van der Waals surface area contributed by atoms with Gasteiger partial charge in [0.2, 0.25) is 0 Å². The van der Waals surface area contributed by atoms with Crippen molar-refractivity contribution in [3.8, 4) is 0 Å². The molecule has 0 aromatic heterocycles. The normalized spacial score (nSPS) is 26.7. The van der Waals surface area contributed by atoms with Crippen molar-refractivity contribution in [1.82, 2.24) is 5.32 Å². The second-order valence-electron chi connectivity index (χ2n) is 6.55. The molecule has 1 N–H and O–H groups in total. The van der Waals surface area contributed by atoms with Crippen molar-refractivity contribution >= 4 is 0 Å². The van der Waals surface area contributed by atoms with Gasteiger partial charge in [-0.05, 0) is 74.2 Å². The lowest BCUT2D eigenvalue weighted by Crippen LogP contribution is -2.32. The van der Waals surface area contributed by atoms with Crippen molar-refractivity contribution < 1.29 is 0 Å². The Hall–Kier alpha value is -0.820. The van der Waals surface area contributed by atoms with Crippen LogP contribution in [0.2, 0.25) is 0 Å². The molecule has 0 aliphatic heterocycles. The quantitative estimate of drug-likeness (QED) is 0.811. The van der Waals surface area contributed by atoms with Crippen LogP contribution in [-0.4, -0.2) is 13.1 Å². The lowest BCUT2D eigenvalue weighted by Gasteiger charge is -2.37. The molecule has 1 nitrogen and oxygen atoms in total. The maximum Gasteiger partial charge on any atom is -0.00148 e. The molecule has 1 aromatic rings. The number of benzene rings is 1. The van der Waals surface area contributed by atoms with Crippen LogP contribution in [0.5, 0.6) is 0 Å². The van der Waals surface area contributed by atoms with E-state index in [2.05, 4.69) is 51.2 Å². The van der Waals surface area contributed by atoms with Crippen LogP contribution in [0.15, 0.2) is 18.2 Å². The highest BCUT2D eigenvalue weighted by atomic mass is 14.8. The van der Waals surface area contributed by atoms with Crippen LogP contribution in [0, 0.1) is 25.7 Å². The highest BCUT2D eigenvalue weighted by molar-refractivity contribution is 5.36. The third-order valence-corrected chi connectivity index (χ3v) is 5.38. The molecule has 2 rings (SSSR count). The van der Waals surface area contributed by atoms with Gasteiger partial charge < -0.3 is 5.32 Å². The average molecular weight is 273 g/mol. The van der Waals surface area contributed by atoms with Crippen molar-refractivity contribution in [1.29, 1.82) is 0 Å². The van der Waals surface area contributed by atoms with E-state index < -0.39 is 0 Å². The summed E-state index contributed by atoms with van der Waals surface area (Å²) in [6, 6.07) is 6.87. The summed E-state index contributed by atoms with van der Waals surface area (Å²) in [7, 11) is 0. The number of hydrogen-bond acceptors (Lipinski definition) is 1. The standard InChI is InChI=1S/C19H31N/c1-5-16-10-11-17(13-20-6-2)19(12-16)18-9-7-8-14(3)15(18)4/h7-9,16-17,19-20H,5-6,10-13H2,1-4H3. The fourth-order valence-electron chi connectivity index (χ4n) is 3.82. The average Bonchev–Trinajstić information content (AvgIpc) is 2.48. The minimum absolute atomic E-state index is 0.757. The summed E-state index contributed by atoms with van der Waals surface area (Å²) in [5.41, 5.74) is 4.59. The number of hydrogen-bond donors (Lipinski definition) is 1. The Balaban J connectivity index is 2.23. The molecular weight excluding hydrogens is 242 g/mol. The molecule has 1 heteroatoms. The molecule has 0 spiro atoms. The third kappa shape index (κ3) is 3.44. The summed E-state index contributed by atoms with van der Waals surface area (Å²) in [6.45, 7) is 11.4. The monoisotopic (exact) mass is 273 g/mol. The fraction of sp³-hybridized carbons (Fsp3) is 0.684. The van der Waals surface area contributed by atoms with E-state index in [4.69, 9.17) is 0 Å². The molecule has 1 aliphatic carbocycles. The Morgan fingerprint density at radius 1 is 1.15 bits per heavy atom. The molecule has 112 valence electrons. The lowest BCUT2D eigenvalue weighted by atomic mass is 9.69. The van der Waals surface area contributed by atoms with Gasteiger partial charge in [0, 0.05) is 0 Å². The minimum atomic E-state index is 0.757. The SMILES string of the molecule is CCNCC1CCC(CC)CC1c1cccc(C)c1C. The first-order valence-electron chi connectivity index (χ1n) is 8.44. The predicted octanol–water partition coefficient (Wildman–Crippen LogP) is 4.82. The van der Waals surface area contributed by atoms with Gasteiger partial charge in [-0.25, -0.2) is 0 Å². The van der Waals surface area contributed by atoms with Gasteiger partial charge in [0.1, 0.15) is 0 Å². The molecule has 1 aliphatic rings. The van der Waals surface area contributed by atoms with Gasteiger partial charge in [-0.3, -0.25) is 0 Å². The fourth-order valence-corrected chi connectivity index (χ4v) is 3.82. The molecule has 20 heavy (non-hydrogen) atoms. The van der Waals surface area contributed by atoms with Crippen LogP contribution in [0.3, 0.4) is 0 Å². The number of nitrogens with one attached hydrogen (secondary N) is 1. The molecule has 0 radical (unpaired) electrons. The summed E-state index contributed by atoms with van der Waals surface area (Å²) in [5.74, 6) is 2.50. The van der Waals surface area contributed by atoms with Gasteiger partial charge in [0.25, 0.3) is 0 Å². The molecule has 0 bridgehead atoms. The Morgan fingerprint density at radius 2 is 1.95 bits per heavy atom. The summed E-state index contributed by atoms with van der Waals surface area (Å²) >= 11 is 0. The maximum absolute atomic E-state index is 3.58. The Bertz CT molecular complexity index is 424. The van der Waals surface area contributed by atoms with Crippen molar-refractivity contribution in [2.75, 3.05) is 13.1 Å². The van der Waals surface area contributed by atoms with E-state index in [1.807, 2.05) is 0 Å². The van der Waals surface area contributed by atoms with Crippen LogP contribution in [0.25, 0.3) is 0 Å². The smallest absolute Gasteiger partial charge is 0.00148 e. The second kappa shape index (κ2) is 7.26. The summed E-state index contributed by atoms with van der Waals surface area (Å²) < 4.78 is 0. The molecule has 3 atom stereocenters. The van der Waals surface area contributed by atoms with E-state index in [1.54, 1.807) is 5.56 Å². The van der Waals surface area contributed by atoms with E-state index in [-0.39, 0.29) is 0 Å². The Morgan fingerprint density at radius 3 is 2.65 bits per heavy atom. The lowest BCUT2D eigenvalue weighted by molar-refractivity contribution is 0.226. The van der Waals surface area contributed by atoms with Crippen molar-refractivity contribution in [2.24, 2.45) is 11.8 Å². The topological polar surface area (TPSA) is 12.0 Å². The minimum Gasteiger partial charge on any atom is -0.317 e. The number of rotatable bonds is 5. The zero-order valence-electron chi connectivity index (χ0n) is 13.7. The number of aryl methyl sites for hydroxylation is 1. The van der Waals surface area contributed by atoms with Crippen molar-refractivity contribution in [2.45, 2.75) is 59.3 Å². The van der Waals surface area contributed by atoms with Gasteiger partial charge in [0.15, 0.2) is 0 Å². The molecule has 0 amide bonds. The largest absolute Gasteiger partial charge is 0.317 e. The van der Waals surface area contributed by atoms with E-state index in [0.717, 1.165) is 24.3 Å². The van der Waals surface area contributed by atoms with E-state index in [1.165, 1.54) is 43.4 Å². The molecular formula is C19H31N. The van der Waals surface area contributed by atoms with Gasteiger partial charge in [-0.15, -0.1) is 0 Å². The first-order valence-corrected chi connectivity index (χ1v) is 8.44. The van der Waals surface area contributed by atoms with E-state index >= 15 is 0 Å². The van der Waals surface area contributed by atoms with Gasteiger partial charge >= 0.3 is 0 Å². The zero-order valence-corrected chi connectivity index (χ0v) is 13.7. The first kappa shape index (κ1) is 15.6. The third-order valence-electron chi connectivity index (χ3n) is 5.38.